The molecule has 8 heteroatoms. The molecule has 0 unspecified atom stereocenters. The molecular weight excluding hydrogens is 455 g/mol. The number of amides is 1. The van der Waals surface area contributed by atoms with Crippen LogP contribution in [0.4, 0.5) is 10.1 Å². The van der Waals surface area contributed by atoms with E-state index in [0.717, 1.165) is 11.1 Å². The predicted molar refractivity (Wildman–Crippen MR) is 130 cm³/mol. The van der Waals surface area contributed by atoms with E-state index in [1.807, 2.05) is 18.2 Å². The SMILES string of the molecule is COC(=O)CN1C(=S)N(c2ccccc2)C(=O)C1=Cc1ccc(OCc2ccc(F)cc2)cc1. The molecule has 1 aliphatic rings. The number of ether oxygens (including phenoxy) is 2. The lowest BCUT2D eigenvalue weighted by Gasteiger charge is -2.19. The van der Waals surface area contributed by atoms with Crippen LogP contribution in [0.1, 0.15) is 11.1 Å². The first-order valence-corrected chi connectivity index (χ1v) is 10.8. The molecule has 6 nitrogen and oxygen atoms in total. The molecule has 1 heterocycles. The Labute approximate surface area is 201 Å². The minimum Gasteiger partial charge on any atom is -0.489 e. The Morgan fingerprint density at radius 3 is 2.32 bits per heavy atom. The number of nitrogens with zero attached hydrogens (tertiary/aromatic N) is 2. The van der Waals surface area contributed by atoms with Crippen LogP contribution in [0.25, 0.3) is 6.08 Å². The second kappa shape index (κ2) is 10.3. The lowest BCUT2D eigenvalue weighted by Crippen LogP contribution is -2.35. The predicted octanol–water partition coefficient (Wildman–Crippen LogP) is 4.55. The van der Waals surface area contributed by atoms with E-state index in [1.54, 1.807) is 54.6 Å². The number of hydrogen-bond acceptors (Lipinski definition) is 5. The molecule has 0 spiro atoms. The number of carbonyl (C=O) groups excluding carboxylic acids is 2. The molecule has 0 saturated carbocycles. The lowest BCUT2D eigenvalue weighted by molar-refractivity contribution is -0.140. The molecule has 0 radical (unpaired) electrons. The van der Waals surface area contributed by atoms with Gasteiger partial charge in [-0.15, -0.1) is 0 Å². The Hall–Kier alpha value is -4.04. The third kappa shape index (κ3) is 5.13. The van der Waals surface area contributed by atoms with Crippen LogP contribution in [0.2, 0.25) is 0 Å². The normalized spacial score (nSPS) is 14.6. The van der Waals surface area contributed by atoms with Crippen molar-refractivity contribution < 1.29 is 23.5 Å². The monoisotopic (exact) mass is 476 g/mol. The van der Waals surface area contributed by atoms with E-state index in [1.165, 1.54) is 29.0 Å². The van der Waals surface area contributed by atoms with E-state index < -0.39 is 5.97 Å². The summed E-state index contributed by atoms with van der Waals surface area (Å²) in [5.74, 6) is -0.525. The summed E-state index contributed by atoms with van der Waals surface area (Å²) < 4.78 is 23.6. The number of anilines is 1. The average Bonchev–Trinajstić information content (AvgIpc) is 3.08. The molecule has 0 N–H and O–H groups in total. The van der Waals surface area contributed by atoms with Crippen molar-refractivity contribution >= 4 is 41.0 Å². The fraction of sp³-hybridized carbons (Fsp3) is 0.115. The molecule has 3 aromatic rings. The largest absolute Gasteiger partial charge is 0.489 e. The van der Waals surface area contributed by atoms with Crippen LogP contribution in [0.15, 0.2) is 84.6 Å². The van der Waals surface area contributed by atoms with Gasteiger partial charge in [-0.3, -0.25) is 14.5 Å². The molecule has 1 amide bonds. The highest BCUT2D eigenvalue weighted by Gasteiger charge is 2.40. The molecule has 0 aliphatic carbocycles. The summed E-state index contributed by atoms with van der Waals surface area (Å²) in [5, 5.41) is 0.201. The number of carbonyl (C=O) groups is 2. The van der Waals surface area contributed by atoms with Crippen LogP contribution >= 0.6 is 12.2 Å². The molecule has 0 atom stereocenters. The van der Waals surface area contributed by atoms with Crippen molar-refractivity contribution in [2.75, 3.05) is 18.6 Å². The smallest absolute Gasteiger partial charge is 0.325 e. The number of methoxy groups -OCH3 is 1. The van der Waals surface area contributed by atoms with Gasteiger partial charge in [-0.2, -0.15) is 0 Å². The first-order chi connectivity index (χ1) is 16.5. The molecule has 4 rings (SSSR count). The summed E-state index contributed by atoms with van der Waals surface area (Å²) in [7, 11) is 1.28. The Bertz CT molecular complexity index is 1230. The highest BCUT2D eigenvalue weighted by atomic mass is 32.1. The summed E-state index contributed by atoms with van der Waals surface area (Å²) in [6, 6.07) is 22.2. The van der Waals surface area contributed by atoms with E-state index >= 15 is 0 Å². The number of hydrogen-bond donors (Lipinski definition) is 0. The Morgan fingerprint density at radius 2 is 1.68 bits per heavy atom. The fourth-order valence-electron chi connectivity index (χ4n) is 3.40. The Balaban J connectivity index is 1.55. The van der Waals surface area contributed by atoms with Gasteiger partial charge in [0.25, 0.3) is 5.91 Å². The second-order valence-corrected chi connectivity index (χ2v) is 7.80. The third-order valence-electron chi connectivity index (χ3n) is 5.17. The third-order valence-corrected chi connectivity index (χ3v) is 5.57. The first kappa shape index (κ1) is 23.1. The lowest BCUT2D eigenvalue weighted by atomic mass is 10.1. The van der Waals surface area contributed by atoms with Gasteiger partial charge in [0.15, 0.2) is 5.11 Å². The van der Waals surface area contributed by atoms with Crippen LogP contribution in [-0.4, -0.2) is 35.5 Å². The van der Waals surface area contributed by atoms with Crippen molar-refractivity contribution in [3.05, 3.63) is 102 Å². The first-order valence-electron chi connectivity index (χ1n) is 10.4. The summed E-state index contributed by atoms with van der Waals surface area (Å²) in [6.45, 7) is 0.113. The van der Waals surface area contributed by atoms with Crippen molar-refractivity contribution in [1.29, 1.82) is 0 Å². The number of thiocarbonyl (C=S) groups is 1. The Kier molecular flexibility index (Phi) is 6.98. The number of rotatable bonds is 7. The minimum atomic E-state index is -0.513. The van der Waals surface area contributed by atoms with Crippen LogP contribution in [0.3, 0.4) is 0 Å². The fourth-order valence-corrected chi connectivity index (χ4v) is 3.75. The van der Waals surface area contributed by atoms with Gasteiger partial charge in [-0.1, -0.05) is 42.5 Å². The van der Waals surface area contributed by atoms with Crippen molar-refractivity contribution in [2.45, 2.75) is 6.61 Å². The number of halogens is 1. The van der Waals surface area contributed by atoms with Gasteiger partial charge in [-0.25, -0.2) is 4.39 Å². The molecular formula is C26H21FN2O4S. The van der Waals surface area contributed by atoms with Gasteiger partial charge in [0.2, 0.25) is 0 Å². The van der Waals surface area contributed by atoms with E-state index in [9.17, 15) is 14.0 Å². The molecule has 34 heavy (non-hydrogen) atoms. The van der Waals surface area contributed by atoms with Gasteiger partial charge in [-0.05, 0) is 65.8 Å². The van der Waals surface area contributed by atoms with Gasteiger partial charge in [0, 0.05) is 0 Å². The zero-order valence-electron chi connectivity index (χ0n) is 18.3. The van der Waals surface area contributed by atoms with Crippen molar-refractivity contribution in [1.82, 2.24) is 4.90 Å². The molecule has 0 bridgehead atoms. The van der Waals surface area contributed by atoms with E-state index in [4.69, 9.17) is 21.7 Å². The van der Waals surface area contributed by atoms with Gasteiger partial charge >= 0.3 is 5.97 Å². The highest BCUT2D eigenvalue weighted by molar-refractivity contribution is 7.80. The summed E-state index contributed by atoms with van der Waals surface area (Å²) in [6.07, 6.45) is 1.67. The maximum absolute atomic E-state index is 13.3. The van der Waals surface area contributed by atoms with Crippen molar-refractivity contribution in [3.8, 4) is 5.75 Å². The van der Waals surface area contributed by atoms with E-state index in [-0.39, 0.29) is 29.1 Å². The number of benzene rings is 3. The molecule has 172 valence electrons. The highest BCUT2D eigenvalue weighted by Crippen LogP contribution is 2.29. The van der Waals surface area contributed by atoms with Gasteiger partial charge in [0.1, 0.15) is 30.4 Å². The minimum absolute atomic E-state index is 0.185. The zero-order valence-corrected chi connectivity index (χ0v) is 19.1. The average molecular weight is 477 g/mol. The maximum Gasteiger partial charge on any atom is 0.325 e. The Morgan fingerprint density at radius 1 is 1.00 bits per heavy atom. The molecule has 0 aromatic heterocycles. The van der Waals surface area contributed by atoms with E-state index in [2.05, 4.69) is 0 Å². The molecule has 1 saturated heterocycles. The topological polar surface area (TPSA) is 59.1 Å². The van der Waals surface area contributed by atoms with Crippen molar-refractivity contribution in [2.24, 2.45) is 0 Å². The molecule has 3 aromatic carbocycles. The number of esters is 1. The van der Waals surface area contributed by atoms with Crippen LogP contribution in [0, 0.1) is 5.82 Å². The standard InChI is InChI=1S/C26H21FN2O4S/c1-32-24(30)16-28-23(25(31)29(26(28)34)21-5-3-2-4-6-21)15-18-9-13-22(14-10-18)33-17-19-7-11-20(27)12-8-19/h2-15H,16-17H2,1H3. The van der Waals surface area contributed by atoms with Crippen LogP contribution < -0.4 is 9.64 Å². The summed E-state index contributed by atoms with van der Waals surface area (Å²) in [5.41, 5.74) is 2.45. The number of para-hydroxylation sites is 1. The molecule has 1 fully saturated rings. The summed E-state index contributed by atoms with van der Waals surface area (Å²) >= 11 is 5.53. The van der Waals surface area contributed by atoms with Crippen molar-refractivity contribution in [3.63, 3.8) is 0 Å². The van der Waals surface area contributed by atoms with Crippen LogP contribution in [0.5, 0.6) is 5.75 Å². The van der Waals surface area contributed by atoms with Gasteiger partial charge in [0.05, 0.1) is 12.8 Å². The zero-order chi connectivity index (χ0) is 24.1. The van der Waals surface area contributed by atoms with Crippen LogP contribution in [-0.2, 0) is 20.9 Å². The quantitative estimate of drug-likeness (QED) is 0.283. The maximum atomic E-state index is 13.3. The summed E-state index contributed by atoms with van der Waals surface area (Å²) in [4.78, 5) is 28.1. The van der Waals surface area contributed by atoms with Gasteiger partial charge < -0.3 is 14.4 Å². The van der Waals surface area contributed by atoms with E-state index in [0.29, 0.717) is 18.0 Å². The molecule has 1 aliphatic heterocycles. The second-order valence-electron chi connectivity index (χ2n) is 7.43.